The third-order valence-electron chi connectivity index (χ3n) is 4.29. The van der Waals surface area contributed by atoms with Crippen LogP contribution in [0.1, 0.15) is 31.6 Å². The Morgan fingerprint density at radius 1 is 1.54 bits per heavy atom. The van der Waals surface area contributed by atoms with Gasteiger partial charge in [0.25, 0.3) is 0 Å². The first-order valence-corrected chi connectivity index (χ1v) is 9.09. The van der Waals surface area contributed by atoms with Crippen LogP contribution in [0.25, 0.3) is 0 Å². The number of esters is 1. The van der Waals surface area contributed by atoms with E-state index in [0.717, 1.165) is 25.6 Å². The number of ether oxygens (including phenoxy) is 1. The molecule has 136 valence electrons. The molecule has 0 aromatic carbocycles. The molecule has 0 aliphatic carbocycles. The third-order valence-corrected chi connectivity index (χ3v) is 5.40. The minimum Gasteiger partial charge on any atom is -0.469 e. The highest BCUT2D eigenvalue weighted by atomic mass is 127. The Balaban J connectivity index is 0.00000288. The van der Waals surface area contributed by atoms with Crippen LogP contribution in [0.5, 0.6) is 0 Å². The van der Waals surface area contributed by atoms with Gasteiger partial charge >= 0.3 is 5.97 Å². The van der Waals surface area contributed by atoms with E-state index in [1.165, 1.54) is 12.0 Å². The largest absolute Gasteiger partial charge is 0.469 e. The molecule has 3 unspecified atom stereocenters. The van der Waals surface area contributed by atoms with E-state index in [2.05, 4.69) is 48.5 Å². The predicted octanol–water partition coefficient (Wildman–Crippen LogP) is 3.18. The second-order valence-corrected chi connectivity index (χ2v) is 7.10. The highest BCUT2D eigenvalue weighted by Crippen LogP contribution is 2.25. The summed E-state index contributed by atoms with van der Waals surface area (Å²) in [6.07, 6.45) is 0. The summed E-state index contributed by atoms with van der Waals surface area (Å²) in [6, 6.07) is 4.23. The van der Waals surface area contributed by atoms with E-state index in [1.54, 1.807) is 11.3 Å². The summed E-state index contributed by atoms with van der Waals surface area (Å²) in [5, 5.41) is 5.45. The zero-order valence-corrected chi connectivity index (χ0v) is 18.0. The van der Waals surface area contributed by atoms with Crippen molar-refractivity contribution in [1.29, 1.82) is 0 Å². The molecule has 24 heavy (non-hydrogen) atoms. The summed E-state index contributed by atoms with van der Waals surface area (Å²) in [5.74, 6) is 1.39. The van der Waals surface area contributed by atoms with Crippen LogP contribution in [-0.4, -0.2) is 50.1 Å². The van der Waals surface area contributed by atoms with E-state index in [4.69, 9.17) is 9.73 Å². The van der Waals surface area contributed by atoms with Gasteiger partial charge in [-0.3, -0.25) is 9.79 Å². The molecular weight excluding hydrogens is 437 g/mol. The number of hydrogen-bond donors (Lipinski definition) is 1. The van der Waals surface area contributed by atoms with E-state index in [0.29, 0.717) is 12.5 Å². The van der Waals surface area contributed by atoms with Gasteiger partial charge in [0.05, 0.1) is 19.6 Å². The Morgan fingerprint density at radius 3 is 2.88 bits per heavy atom. The normalized spacial score (nSPS) is 22.0. The van der Waals surface area contributed by atoms with Gasteiger partial charge in [0.2, 0.25) is 0 Å². The molecular formula is C17H28IN3O2S. The van der Waals surface area contributed by atoms with Crippen LogP contribution >= 0.6 is 35.3 Å². The minimum atomic E-state index is -0.122. The van der Waals surface area contributed by atoms with Crippen LogP contribution in [0.2, 0.25) is 0 Å². The summed E-state index contributed by atoms with van der Waals surface area (Å²) in [4.78, 5) is 20.2. The highest BCUT2D eigenvalue weighted by molar-refractivity contribution is 14.0. The van der Waals surface area contributed by atoms with Gasteiger partial charge in [-0.25, -0.2) is 0 Å². The number of carbonyl (C=O) groups is 1. The van der Waals surface area contributed by atoms with Crippen molar-refractivity contribution < 1.29 is 9.53 Å². The molecule has 1 aromatic rings. The number of thiophene rings is 1. The van der Waals surface area contributed by atoms with Crippen LogP contribution in [0.3, 0.4) is 0 Å². The van der Waals surface area contributed by atoms with Crippen molar-refractivity contribution in [2.24, 2.45) is 16.8 Å². The number of hydrogen-bond acceptors (Lipinski definition) is 4. The van der Waals surface area contributed by atoms with Crippen molar-refractivity contribution in [3.63, 3.8) is 0 Å². The molecule has 1 N–H and O–H groups in total. The summed E-state index contributed by atoms with van der Waals surface area (Å²) < 4.78 is 4.92. The summed E-state index contributed by atoms with van der Waals surface area (Å²) in [5.41, 5.74) is 0. The molecule has 7 heteroatoms. The quantitative estimate of drug-likeness (QED) is 0.314. The molecule has 0 radical (unpaired) electrons. The summed E-state index contributed by atoms with van der Waals surface area (Å²) >= 11 is 1.77. The Kier molecular flexibility index (Phi) is 9.04. The van der Waals surface area contributed by atoms with E-state index >= 15 is 0 Å². The average Bonchev–Trinajstić information content (AvgIpc) is 3.20. The van der Waals surface area contributed by atoms with Gasteiger partial charge in [-0.2, -0.15) is 0 Å². The van der Waals surface area contributed by atoms with Gasteiger partial charge < -0.3 is 15.0 Å². The van der Waals surface area contributed by atoms with Gasteiger partial charge in [-0.05, 0) is 24.3 Å². The predicted molar refractivity (Wildman–Crippen MR) is 110 cm³/mol. The van der Waals surface area contributed by atoms with Crippen LogP contribution in [-0.2, 0) is 9.53 Å². The SMILES string of the molecule is CCNC(=NCC(C)c1cccs1)N1CC(C)C(C(=O)OC)C1.I. The molecule has 1 saturated heterocycles. The molecule has 3 atom stereocenters. The first-order chi connectivity index (χ1) is 11.1. The maximum atomic E-state index is 11.9. The average molecular weight is 465 g/mol. The van der Waals surface area contributed by atoms with Crippen LogP contribution in [0, 0.1) is 11.8 Å². The molecule has 1 aromatic heterocycles. The van der Waals surface area contributed by atoms with Crippen LogP contribution < -0.4 is 5.32 Å². The van der Waals surface area contributed by atoms with E-state index in [1.807, 2.05) is 0 Å². The number of nitrogens with zero attached hydrogens (tertiary/aromatic N) is 2. The Bertz CT molecular complexity index is 536. The fraction of sp³-hybridized carbons (Fsp3) is 0.647. The van der Waals surface area contributed by atoms with E-state index in [-0.39, 0.29) is 41.8 Å². The van der Waals surface area contributed by atoms with Crippen LogP contribution in [0.4, 0.5) is 0 Å². The lowest BCUT2D eigenvalue weighted by molar-refractivity contribution is -0.145. The minimum absolute atomic E-state index is 0. The van der Waals surface area contributed by atoms with Crippen molar-refractivity contribution in [3.05, 3.63) is 22.4 Å². The van der Waals surface area contributed by atoms with Gasteiger partial charge in [-0.15, -0.1) is 35.3 Å². The number of methoxy groups -OCH3 is 1. The molecule has 0 amide bonds. The highest BCUT2D eigenvalue weighted by Gasteiger charge is 2.36. The lowest BCUT2D eigenvalue weighted by atomic mass is 9.99. The van der Waals surface area contributed by atoms with Gasteiger partial charge in [0, 0.05) is 30.4 Å². The van der Waals surface area contributed by atoms with Crippen molar-refractivity contribution >= 4 is 47.2 Å². The van der Waals surface area contributed by atoms with Gasteiger partial charge in [0.1, 0.15) is 0 Å². The van der Waals surface area contributed by atoms with Gasteiger partial charge in [0.15, 0.2) is 5.96 Å². The molecule has 1 fully saturated rings. The van der Waals surface area contributed by atoms with E-state index < -0.39 is 0 Å². The van der Waals surface area contributed by atoms with Crippen molar-refractivity contribution in [2.75, 3.05) is 33.3 Å². The molecule has 2 heterocycles. The molecule has 2 rings (SSSR count). The lowest BCUT2D eigenvalue weighted by Gasteiger charge is -2.22. The molecule has 1 aliphatic heterocycles. The molecule has 0 spiro atoms. The number of halogens is 1. The molecule has 0 saturated carbocycles. The second kappa shape index (κ2) is 10.2. The Labute approximate surface area is 165 Å². The smallest absolute Gasteiger partial charge is 0.310 e. The topological polar surface area (TPSA) is 53.9 Å². The Morgan fingerprint density at radius 2 is 2.29 bits per heavy atom. The number of carbonyl (C=O) groups excluding carboxylic acids is 1. The van der Waals surface area contributed by atoms with E-state index in [9.17, 15) is 4.79 Å². The summed E-state index contributed by atoms with van der Waals surface area (Å²) in [7, 11) is 1.46. The zero-order chi connectivity index (χ0) is 16.8. The number of nitrogens with one attached hydrogen (secondary N) is 1. The van der Waals surface area contributed by atoms with Crippen LogP contribution in [0.15, 0.2) is 22.5 Å². The fourth-order valence-electron chi connectivity index (χ4n) is 2.91. The maximum absolute atomic E-state index is 11.9. The standard InChI is InChI=1S/C17H27N3O2S.HI/c1-5-18-17(19-9-12(2)15-7-6-8-23-15)20-10-13(3)14(11-20)16(21)22-4;/h6-8,12-14H,5,9-11H2,1-4H3,(H,18,19);1H. The third kappa shape index (κ3) is 5.34. The number of aliphatic imine (C=N–C) groups is 1. The lowest BCUT2D eigenvalue weighted by Crippen LogP contribution is -2.40. The zero-order valence-electron chi connectivity index (χ0n) is 14.8. The summed E-state index contributed by atoms with van der Waals surface area (Å²) in [6.45, 7) is 9.43. The fourth-order valence-corrected chi connectivity index (χ4v) is 3.69. The first kappa shape index (κ1) is 21.2. The number of likely N-dealkylation sites (tertiary alicyclic amines) is 1. The molecule has 5 nitrogen and oxygen atoms in total. The molecule has 0 bridgehead atoms. The maximum Gasteiger partial charge on any atom is 0.310 e. The number of guanidine groups is 1. The monoisotopic (exact) mass is 465 g/mol. The Hall–Kier alpha value is -0.830. The second-order valence-electron chi connectivity index (χ2n) is 6.12. The molecule has 1 aliphatic rings. The van der Waals surface area contributed by atoms with Crippen molar-refractivity contribution in [1.82, 2.24) is 10.2 Å². The van der Waals surface area contributed by atoms with Gasteiger partial charge in [-0.1, -0.05) is 19.9 Å². The first-order valence-electron chi connectivity index (χ1n) is 8.21. The van der Waals surface area contributed by atoms with Crippen molar-refractivity contribution in [2.45, 2.75) is 26.7 Å². The number of rotatable bonds is 5. The van der Waals surface area contributed by atoms with Crippen molar-refractivity contribution in [3.8, 4) is 0 Å².